The molecule has 7 N–H and O–H groups in total. The van der Waals surface area contributed by atoms with Gasteiger partial charge in [0.2, 0.25) is 0 Å². The normalized spacial score (nSPS) is 32.0. The van der Waals surface area contributed by atoms with Crippen molar-refractivity contribution in [2.24, 2.45) is 16.8 Å². The number of rotatable bonds is 13. The molecule has 2 aromatic carbocycles. The Morgan fingerprint density at radius 1 is 0.717 bits per heavy atom. The largest absolute Gasteiger partial charge is 0.491 e. The van der Waals surface area contributed by atoms with E-state index >= 15 is 0 Å². The average molecular weight is 646 g/mol. The molecule has 4 rings (SSSR count). The number of aliphatic hydroxyl groups is 7. The third kappa shape index (κ3) is 8.52. The van der Waals surface area contributed by atoms with E-state index in [2.05, 4.69) is 45.9 Å². The lowest BCUT2D eigenvalue weighted by atomic mass is 9.78. The highest BCUT2D eigenvalue weighted by molar-refractivity contribution is 5.83. The highest BCUT2D eigenvalue weighted by atomic mass is 16.5. The fourth-order valence-corrected chi connectivity index (χ4v) is 6.41. The minimum atomic E-state index is -1.54. The fourth-order valence-electron chi connectivity index (χ4n) is 6.41. The molecular formula is C35H51NO10. The Morgan fingerprint density at radius 2 is 1.30 bits per heavy atom. The molecule has 0 aromatic heterocycles. The quantitative estimate of drug-likeness (QED) is 0.126. The number of para-hydroxylation sites is 1. The lowest BCUT2D eigenvalue weighted by Gasteiger charge is -2.46. The molecule has 2 aliphatic rings. The summed E-state index contributed by atoms with van der Waals surface area (Å²) in [6.07, 6.45) is -7.93. The van der Waals surface area contributed by atoms with Crippen molar-refractivity contribution < 1.29 is 50.0 Å². The number of aliphatic imine (C=N–C) groups is 1. The number of aliphatic hydroxyl groups excluding tert-OH is 7. The van der Waals surface area contributed by atoms with Crippen molar-refractivity contribution in [1.82, 2.24) is 0 Å². The molecule has 2 aliphatic carbocycles. The summed E-state index contributed by atoms with van der Waals surface area (Å²) in [4.78, 5) is 4.86. The number of ether oxygens (including phenoxy) is 3. The van der Waals surface area contributed by atoms with Crippen LogP contribution in [0.15, 0.2) is 47.5 Å². The summed E-state index contributed by atoms with van der Waals surface area (Å²) in [6.45, 7) is 8.18. The minimum absolute atomic E-state index is 0.0313. The van der Waals surface area contributed by atoms with Crippen LogP contribution in [0.2, 0.25) is 0 Å². The van der Waals surface area contributed by atoms with Crippen molar-refractivity contribution in [2.75, 3.05) is 26.4 Å². The van der Waals surface area contributed by atoms with Gasteiger partial charge in [-0.15, -0.1) is 0 Å². The zero-order valence-corrected chi connectivity index (χ0v) is 27.1. The standard InChI is InChI=1S/C35H51NO10/c1-19(2)25-6-5-7-26(20(3)4)29(25)36-16-21-8-10-24(11-9-21)44-12-13-45-27-15-23(18-38)35(34(43)31(27)40)46-28-14-22(17-37)30(39)33(42)32(28)41/h5-11,16,19-20,22-23,27-28,30-35,37-43H,12-15,17-18H2,1-4H3/t22?,23?,27-,28-,30+,31?,32?,33-,34+,35+/m0/s1. The van der Waals surface area contributed by atoms with Gasteiger partial charge < -0.3 is 50.0 Å². The fraction of sp³-hybridized carbons (Fsp3) is 0.629. The molecule has 0 heterocycles. The molecule has 46 heavy (non-hydrogen) atoms. The predicted molar refractivity (Wildman–Crippen MR) is 173 cm³/mol. The van der Waals surface area contributed by atoms with Crippen LogP contribution in [0.5, 0.6) is 5.75 Å². The minimum Gasteiger partial charge on any atom is -0.491 e. The maximum absolute atomic E-state index is 10.9. The van der Waals surface area contributed by atoms with Gasteiger partial charge in [-0.1, -0.05) is 45.9 Å². The van der Waals surface area contributed by atoms with Crippen LogP contribution in [0.4, 0.5) is 5.69 Å². The van der Waals surface area contributed by atoms with Crippen molar-refractivity contribution in [3.8, 4) is 5.75 Å². The molecule has 0 spiro atoms. The van der Waals surface area contributed by atoms with Crippen molar-refractivity contribution >= 4 is 11.9 Å². The monoisotopic (exact) mass is 645 g/mol. The highest BCUT2D eigenvalue weighted by Gasteiger charge is 2.49. The Hall–Kier alpha value is -2.45. The van der Waals surface area contributed by atoms with Gasteiger partial charge in [0.05, 0.1) is 36.7 Å². The molecule has 4 unspecified atom stereocenters. The van der Waals surface area contributed by atoms with E-state index in [1.54, 1.807) is 0 Å². The second kappa shape index (κ2) is 16.6. The van der Waals surface area contributed by atoms with Crippen LogP contribution in [-0.4, -0.2) is 117 Å². The smallest absolute Gasteiger partial charge is 0.119 e. The summed E-state index contributed by atoms with van der Waals surface area (Å²) >= 11 is 0. The molecule has 2 fully saturated rings. The first-order chi connectivity index (χ1) is 22.0. The first kappa shape index (κ1) is 36.4. The molecule has 256 valence electrons. The van der Waals surface area contributed by atoms with Crippen LogP contribution < -0.4 is 4.74 Å². The van der Waals surface area contributed by atoms with Gasteiger partial charge in [-0.3, -0.25) is 4.99 Å². The van der Waals surface area contributed by atoms with Gasteiger partial charge in [-0.05, 0) is 65.6 Å². The molecule has 11 heteroatoms. The summed E-state index contributed by atoms with van der Waals surface area (Å²) in [5.41, 5.74) is 4.38. The zero-order valence-electron chi connectivity index (χ0n) is 27.1. The highest BCUT2D eigenvalue weighted by Crippen LogP contribution is 2.36. The van der Waals surface area contributed by atoms with Crippen LogP contribution in [0, 0.1) is 11.8 Å². The van der Waals surface area contributed by atoms with Gasteiger partial charge in [-0.25, -0.2) is 0 Å². The van der Waals surface area contributed by atoms with Gasteiger partial charge >= 0.3 is 0 Å². The molecule has 0 amide bonds. The van der Waals surface area contributed by atoms with Crippen LogP contribution in [-0.2, 0) is 9.47 Å². The van der Waals surface area contributed by atoms with Gasteiger partial charge in [0.25, 0.3) is 0 Å². The van der Waals surface area contributed by atoms with Crippen LogP contribution in [0.25, 0.3) is 0 Å². The molecule has 2 saturated carbocycles. The number of hydrogen-bond acceptors (Lipinski definition) is 11. The molecule has 0 radical (unpaired) electrons. The van der Waals surface area contributed by atoms with Gasteiger partial charge in [0.1, 0.15) is 36.8 Å². The lowest BCUT2D eigenvalue weighted by molar-refractivity contribution is -0.241. The molecular weight excluding hydrogens is 594 g/mol. The Kier molecular flexibility index (Phi) is 13.1. The van der Waals surface area contributed by atoms with E-state index < -0.39 is 67.3 Å². The Bertz CT molecular complexity index is 1220. The second-order valence-electron chi connectivity index (χ2n) is 13.1. The summed E-state index contributed by atoms with van der Waals surface area (Å²) < 4.78 is 17.6. The summed E-state index contributed by atoms with van der Waals surface area (Å²) in [6, 6.07) is 13.9. The Labute approximate surface area is 271 Å². The van der Waals surface area contributed by atoms with E-state index in [1.807, 2.05) is 30.5 Å². The molecule has 0 bridgehead atoms. The number of benzene rings is 2. The van der Waals surface area contributed by atoms with Gasteiger partial charge in [-0.2, -0.15) is 0 Å². The summed E-state index contributed by atoms with van der Waals surface area (Å²) in [5, 5.41) is 71.9. The lowest BCUT2D eigenvalue weighted by Crippen LogP contribution is -2.60. The first-order valence-electron chi connectivity index (χ1n) is 16.3. The topological polar surface area (TPSA) is 182 Å². The molecule has 0 aliphatic heterocycles. The Balaban J connectivity index is 1.29. The molecule has 2 aromatic rings. The maximum atomic E-state index is 10.9. The SMILES string of the molecule is CC(C)c1cccc(C(C)C)c1N=Cc1ccc(OCCO[C@H]2CC(CO)[C@@H](O[C@H]3CC(CO)[C@@H](O)[C@H](O)C3O)[C@H](O)C2O)cc1. The predicted octanol–water partition coefficient (Wildman–Crippen LogP) is 2.03. The number of nitrogens with zero attached hydrogens (tertiary/aromatic N) is 1. The van der Waals surface area contributed by atoms with Crippen molar-refractivity contribution in [2.45, 2.75) is 101 Å². The Morgan fingerprint density at radius 3 is 1.89 bits per heavy atom. The zero-order chi connectivity index (χ0) is 33.5. The van der Waals surface area contributed by atoms with Crippen molar-refractivity contribution in [1.29, 1.82) is 0 Å². The van der Waals surface area contributed by atoms with E-state index in [9.17, 15) is 35.7 Å². The molecule has 0 saturated heterocycles. The van der Waals surface area contributed by atoms with Crippen LogP contribution >= 0.6 is 0 Å². The van der Waals surface area contributed by atoms with E-state index in [-0.39, 0.29) is 32.7 Å². The molecule has 11 nitrogen and oxygen atoms in total. The molecule has 10 atom stereocenters. The van der Waals surface area contributed by atoms with Crippen molar-refractivity contribution in [3.63, 3.8) is 0 Å². The van der Waals surface area contributed by atoms with E-state index in [1.165, 1.54) is 11.1 Å². The van der Waals surface area contributed by atoms with E-state index in [4.69, 9.17) is 19.2 Å². The summed E-state index contributed by atoms with van der Waals surface area (Å²) in [5.74, 6) is -0.0173. The van der Waals surface area contributed by atoms with Crippen LogP contribution in [0.3, 0.4) is 0 Å². The first-order valence-corrected chi connectivity index (χ1v) is 16.3. The third-order valence-corrected chi connectivity index (χ3v) is 9.22. The van der Waals surface area contributed by atoms with E-state index in [0.717, 1.165) is 11.3 Å². The number of hydrogen-bond donors (Lipinski definition) is 7. The van der Waals surface area contributed by atoms with E-state index in [0.29, 0.717) is 17.6 Å². The van der Waals surface area contributed by atoms with Crippen molar-refractivity contribution in [3.05, 3.63) is 59.2 Å². The van der Waals surface area contributed by atoms with Gasteiger partial charge in [0, 0.05) is 31.3 Å². The van der Waals surface area contributed by atoms with Gasteiger partial charge in [0.15, 0.2) is 0 Å². The average Bonchev–Trinajstić information content (AvgIpc) is 3.05. The maximum Gasteiger partial charge on any atom is 0.119 e. The third-order valence-electron chi connectivity index (χ3n) is 9.22. The van der Waals surface area contributed by atoms with Crippen LogP contribution in [0.1, 0.15) is 69.1 Å². The second-order valence-corrected chi connectivity index (χ2v) is 13.1. The summed E-state index contributed by atoms with van der Waals surface area (Å²) in [7, 11) is 0.